The van der Waals surface area contributed by atoms with Crippen LogP contribution in [0.4, 0.5) is 0 Å². The Bertz CT molecular complexity index is 1030. The van der Waals surface area contributed by atoms with E-state index in [2.05, 4.69) is 5.32 Å². The third kappa shape index (κ3) is 5.60. The molecule has 0 radical (unpaired) electrons. The molecule has 1 aliphatic carbocycles. The lowest BCUT2D eigenvalue weighted by Crippen LogP contribution is -2.57. The Kier molecular flexibility index (Phi) is 7.55. The van der Waals surface area contributed by atoms with Crippen LogP contribution in [0.2, 0.25) is 10.0 Å². The minimum Gasteiger partial charge on any atom is -0.489 e. The van der Waals surface area contributed by atoms with Crippen molar-refractivity contribution in [1.82, 2.24) is 5.32 Å². The number of halogens is 2. The van der Waals surface area contributed by atoms with Crippen molar-refractivity contribution < 1.29 is 29.3 Å². The van der Waals surface area contributed by atoms with E-state index < -0.39 is 41.1 Å². The number of aliphatic carboxylic acids is 2. The quantitative estimate of drug-likeness (QED) is 0.476. The van der Waals surface area contributed by atoms with Gasteiger partial charge < -0.3 is 20.3 Å². The number of carboxylic acids is 2. The number of ether oxygens (including phenoxy) is 1. The van der Waals surface area contributed by atoms with Gasteiger partial charge in [-0.1, -0.05) is 55.2 Å². The average Bonchev–Trinajstić information content (AvgIpc) is 2.73. The zero-order valence-electron chi connectivity index (χ0n) is 18.2. The number of nitrogens with one attached hydrogen (secondary N) is 1. The Hall–Kier alpha value is -2.77. The molecule has 1 amide bonds. The largest absolute Gasteiger partial charge is 0.489 e. The number of carbonyl (C=O) groups excluding carboxylic acids is 1. The van der Waals surface area contributed by atoms with Gasteiger partial charge in [-0.3, -0.25) is 9.59 Å². The van der Waals surface area contributed by atoms with E-state index in [1.807, 2.05) is 0 Å². The van der Waals surface area contributed by atoms with Crippen LogP contribution in [-0.4, -0.2) is 34.1 Å². The van der Waals surface area contributed by atoms with E-state index in [9.17, 15) is 24.6 Å². The van der Waals surface area contributed by atoms with Crippen LogP contribution >= 0.6 is 23.2 Å². The molecule has 3 unspecified atom stereocenters. The molecule has 0 heterocycles. The first kappa shape index (κ1) is 24.9. The molecule has 0 saturated heterocycles. The van der Waals surface area contributed by atoms with Crippen LogP contribution in [-0.2, 0) is 27.4 Å². The fourth-order valence-electron chi connectivity index (χ4n) is 4.05. The van der Waals surface area contributed by atoms with Gasteiger partial charge in [0.1, 0.15) is 18.4 Å². The maximum atomic E-state index is 12.6. The van der Waals surface area contributed by atoms with Gasteiger partial charge in [0.2, 0.25) is 5.91 Å². The number of carboxylic acid groups (broad SMARTS) is 2. The molecule has 9 heteroatoms. The molecule has 176 valence electrons. The van der Waals surface area contributed by atoms with Crippen LogP contribution in [0.5, 0.6) is 5.75 Å². The van der Waals surface area contributed by atoms with Crippen molar-refractivity contribution in [3.8, 4) is 5.75 Å². The van der Waals surface area contributed by atoms with Crippen molar-refractivity contribution in [2.24, 2.45) is 17.3 Å². The summed E-state index contributed by atoms with van der Waals surface area (Å²) in [6.07, 6.45) is 0.273. The maximum Gasteiger partial charge on any atom is 0.326 e. The minimum atomic E-state index is -1.16. The Morgan fingerprint density at radius 2 is 1.67 bits per heavy atom. The van der Waals surface area contributed by atoms with E-state index in [0.29, 0.717) is 26.9 Å². The maximum absolute atomic E-state index is 12.6. The summed E-state index contributed by atoms with van der Waals surface area (Å²) < 4.78 is 5.73. The minimum absolute atomic E-state index is 0.0766. The summed E-state index contributed by atoms with van der Waals surface area (Å²) in [7, 11) is 0. The van der Waals surface area contributed by atoms with Crippen LogP contribution in [0.1, 0.15) is 31.4 Å². The Labute approximate surface area is 201 Å². The summed E-state index contributed by atoms with van der Waals surface area (Å²) in [4.78, 5) is 35.6. The van der Waals surface area contributed by atoms with E-state index in [4.69, 9.17) is 27.9 Å². The van der Waals surface area contributed by atoms with Crippen molar-refractivity contribution in [2.75, 3.05) is 0 Å². The monoisotopic (exact) mass is 493 g/mol. The number of benzene rings is 2. The summed E-state index contributed by atoms with van der Waals surface area (Å²) in [5.41, 5.74) is 0.632. The molecular formula is C24H25Cl2NO6. The predicted molar refractivity (Wildman–Crippen MR) is 124 cm³/mol. The second kappa shape index (κ2) is 10.0. The number of hydrogen-bond acceptors (Lipinski definition) is 4. The second-order valence-electron chi connectivity index (χ2n) is 8.74. The van der Waals surface area contributed by atoms with Gasteiger partial charge in [-0.15, -0.1) is 0 Å². The highest BCUT2D eigenvalue weighted by molar-refractivity contribution is 6.35. The van der Waals surface area contributed by atoms with Gasteiger partial charge >= 0.3 is 11.9 Å². The molecular weight excluding hydrogens is 469 g/mol. The zero-order chi connectivity index (χ0) is 24.3. The number of amides is 1. The molecule has 1 fully saturated rings. The second-order valence-corrected chi connectivity index (χ2v) is 9.55. The Morgan fingerprint density at radius 3 is 2.18 bits per heavy atom. The Balaban J connectivity index is 1.59. The van der Waals surface area contributed by atoms with E-state index in [-0.39, 0.29) is 19.4 Å². The van der Waals surface area contributed by atoms with Gasteiger partial charge in [-0.25, -0.2) is 4.79 Å². The standard InChI is InChI=1S/C24H25Cl2NO6/c1-24(2)16(11-17(24)22(29)30)21(28)27-20(23(31)32)10-13-6-8-14(9-7-13)33-12-15-18(25)4-3-5-19(15)26/h3-9,16-17,20H,10-12H2,1-2H3,(H,27,28)(H,29,30)(H,31,32). The van der Waals surface area contributed by atoms with Crippen molar-refractivity contribution in [3.63, 3.8) is 0 Å². The fraction of sp³-hybridized carbons (Fsp3) is 0.375. The third-order valence-corrected chi connectivity index (χ3v) is 7.01. The average molecular weight is 494 g/mol. The van der Waals surface area contributed by atoms with Crippen molar-refractivity contribution in [1.29, 1.82) is 0 Å². The molecule has 2 aromatic rings. The molecule has 0 spiro atoms. The van der Waals surface area contributed by atoms with E-state index in [1.54, 1.807) is 56.3 Å². The zero-order valence-corrected chi connectivity index (χ0v) is 19.7. The van der Waals surface area contributed by atoms with Crippen LogP contribution in [0.3, 0.4) is 0 Å². The van der Waals surface area contributed by atoms with Gasteiger partial charge in [0.05, 0.1) is 5.92 Å². The number of rotatable bonds is 9. The van der Waals surface area contributed by atoms with Crippen LogP contribution in [0.25, 0.3) is 0 Å². The first-order valence-electron chi connectivity index (χ1n) is 10.4. The van der Waals surface area contributed by atoms with Gasteiger partial charge in [-0.2, -0.15) is 0 Å². The summed E-state index contributed by atoms with van der Waals surface area (Å²) in [5, 5.41) is 22.4. The van der Waals surface area contributed by atoms with Gasteiger partial charge in [-0.05, 0) is 41.7 Å². The highest BCUT2D eigenvalue weighted by Crippen LogP contribution is 2.51. The summed E-state index contributed by atoms with van der Waals surface area (Å²) in [5.74, 6) is -3.16. The smallest absolute Gasteiger partial charge is 0.326 e. The SMILES string of the molecule is CC1(C)C(C(=O)O)CC1C(=O)NC(Cc1ccc(OCc2c(Cl)cccc2Cl)cc1)C(=O)O. The molecule has 0 aromatic heterocycles. The van der Waals surface area contributed by atoms with Crippen LogP contribution in [0, 0.1) is 17.3 Å². The highest BCUT2D eigenvalue weighted by Gasteiger charge is 2.55. The molecule has 1 saturated carbocycles. The first-order chi connectivity index (χ1) is 15.5. The molecule has 3 rings (SSSR count). The lowest BCUT2D eigenvalue weighted by molar-refractivity contribution is -0.164. The predicted octanol–water partition coefficient (Wildman–Crippen LogP) is 4.43. The molecule has 1 aliphatic rings. The normalized spacial score (nSPS) is 19.8. The highest BCUT2D eigenvalue weighted by atomic mass is 35.5. The third-order valence-electron chi connectivity index (χ3n) is 6.30. The van der Waals surface area contributed by atoms with Gasteiger partial charge in [0.15, 0.2) is 0 Å². The number of hydrogen-bond donors (Lipinski definition) is 3. The van der Waals surface area contributed by atoms with Crippen molar-refractivity contribution >= 4 is 41.0 Å². The van der Waals surface area contributed by atoms with Crippen molar-refractivity contribution in [3.05, 3.63) is 63.6 Å². The van der Waals surface area contributed by atoms with Crippen LogP contribution < -0.4 is 10.1 Å². The molecule has 3 atom stereocenters. The fourth-order valence-corrected chi connectivity index (χ4v) is 4.55. The topological polar surface area (TPSA) is 113 Å². The summed E-state index contributed by atoms with van der Waals surface area (Å²) in [6, 6.07) is 10.9. The number of carbonyl (C=O) groups is 3. The summed E-state index contributed by atoms with van der Waals surface area (Å²) in [6.45, 7) is 3.61. The molecule has 33 heavy (non-hydrogen) atoms. The summed E-state index contributed by atoms with van der Waals surface area (Å²) >= 11 is 12.3. The molecule has 7 nitrogen and oxygen atoms in total. The van der Waals surface area contributed by atoms with Crippen molar-refractivity contribution in [2.45, 2.75) is 39.3 Å². The first-order valence-corrected chi connectivity index (χ1v) is 11.2. The van der Waals surface area contributed by atoms with E-state index in [0.717, 1.165) is 0 Å². The molecule has 2 aromatic carbocycles. The van der Waals surface area contributed by atoms with Gasteiger partial charge in [0, 0.05) is 27.9 Å². The lowest BCUT2D eigenvalue weighted by atomic mass is 9.54. The Morgan fingerprint density at radius 1 is 1.06 bits per heavy atom. The van der Waals surface area contributed by atoms with E-state index in [1.165, 1.54) is 0 Å². The molecule has 0 aliphatic heterocycles. The lowest BCUT2D eigenvalue weighted by Gasteiger charge is -2.48. The van der Waals surface area contributed by atoms with Crippen LogP contribution in [0.15, 0.2) is 42.5 Å². The van der Waals surface area contributed by atoms with E-state index >= 15 is 0 Å². The van der Waals surface area contributed by atoms with Gasteiger partial charge in [0.25, 0.3) is 0 Å². The molecule has 3 N–H and O–H groups in total. The molecule has 0 bridgehead atoms.